The van der Waals surface area contributed by atoms with Crippen molar-refractivity contribution in [3.63, 3.8) is 0 Å². The van der Waals surface area contributed by atoms with Crippen LogP contribution in [-0.4, -0.2) is 31.5 Å². The van der Waals surface area contributed by atoms with Gasteiger partial charge in [-0.3, -0.25) is 0 Å². The third-order valence-electron chi connectivity index (χ3n) is 4.57. The maximum Gasteiger partial charge on any atom is 0.152 e. The minimum atomic E-state index is -3.07. The lowest BCUT2D eigenvalue weighted by atomic mass is 9.98. The molecule has 2 aliphatic rings. The Hall–Kier alpha value is -0.460. The van der Waals surface area contributed by atoms with Gasteiger partial charge in [-0.1, -0.05) is 6.92 Å². The number of hydrogen-bond acceptors (Lipinski definition) is 5. The van der Waals surface area contributed by atoms with Gasteiger partial charge >= 0.3 is 0 Å². The molecule has 0 spiro atoms. The zero-order valence-electron chi connectivity index (χ0n) is 12.1. The Labute approximate surface area is 124 Å². The molecule has 2 unspecified atom stereocenters. The van der Waals surface area contributed by atoms with Crippen molar-refractivity contribution in [1.82, 2.24) is 10.3 Å². The van der Waals surface area contributed by atoms with Gasteiger partial charge in [0.2, 0.25) is 0 Å². The number of nitrogens with one attached hydrogen (secondary N) is 1. The quantitative estimate of drug-likeness (QED) is 0.924. The van der Waals surface area contributed by atoms with E-state index in [1.807, 2.05) is 6.92 Å². The van der Waals surface area contributed by atoms with Gasteiger partial charge in [-0.25, -0.2) is 13.4 Å². The number of aryl methyl sites for hydroxylation is 2. The third kappa shape index (κ3) is 2.22. The van der Waals surface area contributed by atoms with Crippen LogP contribution >= 0.6 is 11.3 Å². The first kappa shape index (κ1) is 14.5. The summed E-state index contributed by atoms with van der Waals surface area (Å²) in [5.41, 5.74) is 0.763. The second kappa shape index (κ2) is 5.07. The maximum atomic E-state index is 12.2. The number of hydrogen-bond donors (Lipinski definition) is 1. The van der Waals surface area contributed by atoms with E-state index >= 15 is 0 Å². The largest absolute Gasteiger partial charge is 0.305 e. The number of rotatable bonds is 4. The molecular weight excluding hydrogens is 292 g/mol. The van der Waals surface area contributed by atoms with Crippen molar-refractivity contribution in [3.05, 3.63) is 15.6 Å². The zero-order chi connectivity index (χ0) is 14.4. The molecule has 6 heteroatoms. The molecule has 0 amide bonds. The molecule has 112 valence electrons. The second-order valence-electron chi connectivity index (χ2n) is 5.95. The second-order valence-corrected chi connectivity index (χ2v) is 9.27. The van der Waals surface area contributed by atoms with Crippen molar-refractivity contribution in [2.24, 2.45) is 0 Å². The SMILES string of the molecule is CCNC1(c2nc3c(s2)CCC3)CCCC1S(C)(=O)=O. The first-order valence-electron chi connectivity index (χ1n) is 7.40. The van der Waals surface area contributed by atoms with Gasteiger partial charge in [-0.2, -0.15) is 0 Å². The Morgan fingerprint density at radius 2 is 2.20 bits per heavy atom. The van der Waals surface area contributed by atoms with Crippen LogP contribution in [0.4, 0.5) is 0 Å². The Bertz CT molecular complexity index is 587. The molecule has 1 aromatic heterocycles. The third-order valence-corrected chi connectivity index (χ3v) is 7.58. The van der Waals surface area contributed by atoms with E-state index in [2.05, 4.69) is 5.32 Å². The molecule has 2 atom stereocenters. The summed E-state index contributed by atoms with van der Waals surface area (Å²) in [6.07, 6.45) is 7.31. The number of thiazole rings is 1. The lowest BCUT2D eigenvalue weighted by Crippen LogP contribution is -2.51. The van der Waals surface area contributed by atoms with Crippen LogP contribution in [0.5, 0.6) is 0 Å². The average Bonchev–Trinajstić information content (AvgIpc) is 2.99. The molecule has 1 saturated carbocycles. The minimum absolute atomic E-state index is 0.332. The van der Waals surface area contributed by atoms with Gasteiger partial charge in [-0.15, -0.1) is 11.3 Å². The van der Waals surface area contributed by atoms with Gasteiger partial charge in [0.1, 0.15) is 5.01 Å². The highest BCUT2D eigenvalue weighted by Crippen LogP contribution is 2.45. The first-order chi connectivity index (χ1) is 9.47. The summed E-state index contributed by atoms with van der Waals surface area (Å²) in [6, 6.07) is 0. The number of aromatic nitrogens is 1. The monoisotopic (exact) mass is 314 g/mol. The van der Waals surface area contributed by atoms with Crippen molar-refractivity contribution < 1.29 is 8.42 Å². The van der Waals surface area contributed by atoms with E-state index in [0.717, 1.165) is 43.7 Å². The summed E-state index contributed by atoms with van der Waals surface area (Å²) < 4.78 is 24.4. The summed E-state index contributed by atoms with van der Waals surface area (Å²) in [5, 5.41) is 4.17. The van der Waals surface area contributed by atoms with Crippen LogP contribution in [-0.2, 0) is 28.2 Å². The molecule has 1 heterocycles. The number of nitrogens with zero attached hydrogens (tertiary/aromatic N) is 1. The molecule has 1 N–H and O–H groups in total. The van der Waals surface area contributed by atoms with Crippen molar-refractivity contribution in [1.29, 1.82) is 0 Å². The first-order valence-corrected chi connectivity index (χ1v) is 10.2. The van der Waals surface area contributed by atoms with Crippen molar-refractivity contribution >= 4 is 21.2 Å². The lowest BCUT2D eigenvalue weighted by molar-refractivity contribution is 0.348. The Balaban J connectivity index is 2.06. The standard InChI is InChI=1S/C14H22N2O2S2/c1-3-15-14(9-5-8-12(14)20(2,17)18)13-16-10-6-4-7-11(10)19-13/h12,15H,3-9H2,1-2H3. The van der Waals surface area contributed by atoms with Gasteiger partial charge in [0.25, 0.3) is 0 Å². The van der Waals surface area contributed by atoms with Crippen molar-refractivity contribution in [2.75, 3.05) is 12.8 Å². The van der Waals surface area contributed by atoms with Gasteiger partial charge in [-0.05, 0) is 45.1 Å². The molecule has 3 rings (SSSR count). The van der Waals surface area contributed by atoms with Crippen LogP contribution in [0.1, 0.15) is 48.2 Å². The minimum Gasteiger partial charge on any atom is -0.305 e. The van der Waals surface area contributed by atoms with Gasteiger partial charge in [0, 0.05) is 11.1 Å². The fourth-order valence-corrected chi connectivity index (χ4v) is 6.89. The number of sulfone groups is 1. The van der Waals surface area contributed by atoms with Crippen molar-refractivity contribution in [3.8, 4) is 0 Å². The van der Waals surface area contributed by atoms with E-state index in [9.17, 15) is 8.42 Å². The van der Waals surface area contributed by atoms with Crippen LogP contribution < -0.4 is 5.32 Å². The van der Waals surface area contributed by atoms with Crippen LogP contribution in [0.15, 0.2) is 0 Å². The molecule has 0 bridgehead atoms. The fourth-order valence-electron chi connectivity index (χ4n) is 3.77. The highest BCUT2D eigenvalue weighted by atomic mass is 32.2. The molecule has 4 nitrogen and oxygen atoms in total. The number of fused-ring (bicyclic) bond motifs is 1. The molecule has 0 aromatic carbocycles. The summed E-state index contributed by atoms with van der Waals surface area (Å²) >= 11 is 1.74. The van der Waals surface area contributed by atoms with E-state index < -0.39 is 15.4 Å². The van der Waals surface area contributed by atoms with E-state index in [0.29, 0.717) is 0 Å². The van der Waals surface area contributed by atoms with E-state index in [1.54, 1.807) is 11.3 Å². The zero-order valence-corrected chi connectivity index (χ0v) is 13.7. The molecular formula is C14H22N2O2S2. The Morgan fingerprint density at radius 3 is 2.85 bits per heavy atom. The molecule has 0 aliphatic heterocycles. The summed E-state index contributed by atoms with van der Waals surface area (Å²) in [6.45, 7) is 2.82. The van der Waals surface area contributed by atoms with Gasteiger partial charge < -0.3 is 5.32 Å². The molecule has 0 radical (unpaired) electrons. The Morgan fingerprint density at radius 1 is 1.40 bits per heavy atom. The summed E-state index contributed by atoms with van der Waals surface area (Å²) in [5.74, 6) is 0. The molecule has 1 fully saturated rings. The highest BCUT2D eigenvalue weighted by Gasteiger charge is 2.51. The van der Waals surface area contributed by atoms with E-state index in [4.69, 9.17) is 4.98 Å². The van der Waals surface area contributed by atoms with Crippen molar-refractivity contribution in [2.45, 2.75) is 56.2 Å². The highest BCUT2D eigenvalue weighted by molar-refractivity contribution is 7.91. The predicted molar refractivity (Wildman–Crippen MR) is 82.0 cm³/mol. The molecule has 1 aromatic rings. The van der Waals surface area contributed by atoms with E-state index in [-0.39, 0.29) is 5.25 Å². The van der Waals surface area contributed by atoms with Crippen LogP contribution in [0.2, 0.25) is 0 Å². The van der Waals surface area contributed by atoms with Crippen LogP contribution in [0.3, 0.4) is 0 Å². The van der Waals surface area contributed by atoms with Gasteiger partial charge in [0.05, 0.1) is 16.5 Å². The smallest absolute Gasteiger partial charge is 0.152 e. The van der Waals surface area contributed by atoms with E-state index in [1.165, 1.54) is 23.2 Å². The van der Waals surface area contributed by atoms with Crippen LogP contribution in [0, 0.1) is 0 Å². The summed E-state index contributed by atoms with van der Waals surface area (Å²) in [4.78, 5) is 6.19. The average molecular weight is 314 g/mol. The summed E-state index contributed by atoms with van der Waals surface area (Å²) in [7, 11) is -3.07. The maximum absolute atomic E-state index is 12.2. The molecule has 0 saturated heterocycles. The Kier molecular flexibility index (Phi) is 3.67. The lowest BCUT2D eigenvalue weighted by Gasteiger charge is -2.33. The van der Waals surface area contributed by atoms with Crippen LogP contribution in [0.25, 0.3) is 0 Å². The van der Waals surface area contributed by atoms with Gasteiger partial charge in [0.15, 0.2) is 9.84 Å². The topological polar surface area (TPSA) is 59.1 Å². The normalized spacial score (nSPS) is 29.8. The fraction of sp³-hybridized carbons (Fsp3) is 0.786. The molecule has 20 heavy (non-hydrogen) atoms. The predicted octanol–water partition coefficient (Wildman–Crippen LogP) is 2.03. The molecule has 2 aliphatic carbocycles.